The molecule has 2 aromatic rings. The van der Waals surface area contributed by atoms with Gasteiger partial charge in [0.05, 0.1) is 18.1 Å². The third kappa shape index (κ3) is 4.00. The molecule has 0 unspecified atom stereocenters. The number of nitrogens with one attached hydrogen (secondary N) is 1. The summed E-state index contributed by atoms with van der Waals surface area (Å²) in [4.78, 5) is 40.4. The molecule has 1 amide bonds. The van der Waals surface area contributed by atoms with Crippen molar-refractivity contribution in [2.75, 3.05) is 0 Å². The molecule has 0 fully saturated rings. The molecule has 130 valence electrons. The SMILES string of the molecule is CCC(CC)(CC(=O)O)NC(=O)CCn1cnc2sccc2c1=O. The van der Waals surface area contributed by atoms with Gasteiger partial charge in [0.1, 0.15) is 4.83 Å². The fourth-order valence-electron chi connectivity index (χ4n) is 2.64. The number of nitrogens with zero attached hydrogens (tertiary/aromatic N) is 2. The number of rotatable bonds is 8. The van der Waals surface area contributed by atoms with E-state index in [0.29, 0.717) is 23.1 Å². The highest BCUT2D eigenvalue weighted by molar-refractivity contribution is 7.16. The zero-order chi connectivity index (χ0) is 17.7. The van der Waals surface area contributed by atoms with Crippen LogP contribution in [-0.4, -0.2) is 32.1 Å². The molecule has 0 atom stereocenters. The van der Waals surface area contributed by atoms with Gasteiger partial charge in [-0.1, -0.05) is 13.8 Å². The maximum atomic E-state index is 12.3. The maximum Gasteiger partial charge on any atom is 0.305 e. The number of carboxylic acid groups (broad SMARTS) is 1. The lowest BCUT2D eigenvalue weighted by Gasteiger charge is -2.31. The number of aliphatic carboxylic acids is 1. The molecule has 0 bridgehead atoms. The van der Waals surface area contributed by atoms with E-state index in [4.69, 9.17) is 5.11 Å². The van der Waals surface area contributed by atoms with Gasteiger partial charge in [-0.3, -0.25) is 19.0 Å². The summed E-state index contributed by atoms with van der Waals surface area (Å²) in [6.07, 6.45) is 2.49. The van der Waals surface area contributed by atoms with Crippen molar-refractivity contribution >= 4 is 33.4 Å². The second-order valence-corrected chi connectivity index (χ2v) is 6.63. The Hall–Kier alpha value is -2.22. The van der Waals surface area contributed by atoms with Gasteiger partial charge in [0.2, 0.25) is 5.91 Å². The van der Waals surface area contributed by atoms with Gasteiger partial charge in [-0.25, -0.2) is 4.98 Å². The number of aromatic nitrogens is 2. The van der Waals surface area contributed by atoms with E-state index in [1.165, 1.54) is 22.2 Å². The van der Waals surface area contributed by atoms with Crippen molar-refractivity contribution in [1.29, 1.82) is 0 Å². The summed E-state index contributed by atoms with van der Waals surface area (Å²) in [5, 5.41) is 14.2. The second-order valence-electron chi connectivity index (χ2n) is 5.74. The van der Waals surface area contributed by atoms with E-state index in [-0.39, 0.29) is 30.9 Å². The molecule has 24 heavy (non-hydrogen) atoms. The van der Waals surface area contributed by atoms with E-state index in [2.05, 4.69) is 10.3 Å². The van der Waals surface area contributed by atoms with Crippen LogP contribution in [0.2, 0.25) is 0 Å². The Labute approximate surface area is 143 Å². The minimum absolute atomic E-state index is 0.0958. The minimum Gasteiger partial charge on any atom is -0.481 e. The Balaban J connectivity index is 2.04. The predicted octanol–water partition coefficient (Wildman–Crippen LogP) is 2.00. The molecule has 0 radical (unpaired) electrons. The van der Waals surface area contributed by atoms with Gasteiger partial charge in [-0.05, 0) is 24.3 Å². The van der Waals surface area contributed by atoms with Crippen molar-refractivity contribution in [3.05, 3.63) is 28.1 Å². The summed E-state index contributed by atoms with van der Waals surface area (Å²) in [6, 6.07) is 1.72. The van der Waals surface area contributed by atoms with E-state index >= 15 is 0 Å². The van der Waals surface area contributed by atoms with E-state index in [0.717, 1.165) is 0 Å². The molecule has 8 heteroatoms. The molecular weight excluding hydrogens is 330 g/mol. The fraction of sp³-hybridized carbons (Fsp3) is 0.500. The summed E-state index contributed by atoms with van der Waals surface area (Å²) < 4.78 is 1.41. The van der Waals surface area contributed by atoms with Crippen LogP contribution in [0.1, 0.15) is 39.5 Å². The van der Waals surface area contributed by atoms with Crippen LogP contribution >= 0.6 is 11.3 Å². The molecule has 2 aromatic heterocycles. The number of hydrogen-bond donors (Lipinski definition) is 2. The number of thiophene rings is 1. The van der Waals surface area contributed by atoms with Gasteiger partial charge in [0.15, 0.2) is 0 Å². The predicted molar refractivity (Wildman–Crippen MR) is 92.2 cm³/mol. The Morgan fingerprint density at radius 2 is 2.08 bits per heavy atom. The van der Waals surface area contributed by atoms with Gasteiger partial charge in [-0.2, -0.15) is 0 Å². The summed E-state index contributed by atoms with van der Waals surface area (Å²) in [7, 11) is 0. The molecule has 2 heterocycles. The number of hydrogen-bond acceptors (Lipinski definition) is 5. The third-order valence-corrected chi connectivity index (χ3v) is 5.10. The molecule has 0 aromatic carbocycles. The molecule has 7 nitrogen and oxygen atoms in total. The summed E-state index contributed by atoms with van der Waals surface area (Å²) in [5.74, 6) is -1.21. The van der Waals surface area contributed by atoms with Crippen molar-refractivity contribution in [3.63, 3.8) is 0 Å². The summed E-state index contributed by atoms with van der Waals surface area (Å²) >= 11 is 1.39. The van der Waals surface area contributed by atoms with E-state index in [9.17, 15) is 14.4 Å². The maximum absolute atomic E-state index is 12.3. The Morgan fingerprint density at radius 1 is 1.38 bits per heavy atom. The third-order valence-electron chi connectivity index (χ3n) is 4.28. The minimum atomic E-state index is -0.942. The van der Waals surface area contributed by atoms with Crippen molar-refractivity contribution in [3.8, 4) is 0 Å². The van der Waals surface area contributed by atoms with Crippen LogP contribution in [0.15, 0.2) is 22.6 Å². The normalized spacial score (nSPS) is 11.6. The van der Waals surface area contributed by atoms with Gasteiger partial charge in [0.25, 0.3) is 5.56 Å². The molecular formula is C16H21N3O4S. The average molecular weight is 351 g/mol. The van der Waals surface area contributed by atoms with E-state index in [1.807, 2.05) is 13.8 Å². The standard InChI is InChI=1S/C16H21N3O4S/c1-3-16(4-2,9-13(21)22)18-12(20)5-7-19-10-17-14-11(15(19)23)6-8-24-14/h6,8,10H,3-5,7,9H2,1-2H3,(H,18,20)(H,21,22). The van der Waals surface area contributed by atoms with Crippen molar-refractivity contribution < 1.29 is 14.7 Å². The Bertz CT molecular complexity index is 792. The highest BCUT2D eigenvalue weighted by Crippen LogP contribution is 2.20. The van der Waals surface area contributed by atoms with Crippen LogP contribution in [0.3, 0.4) is 0 Å². The Kier molecular flexibility index (Phi) is 5.71. The Morgan fingerprint density at radius 3 is 2.71 bits per heavy atom. The van der Waals surface area contributed by atoms with Crippen LogP contribution in [0.5, 0.6) is 0 Å². The highest BCUT2D eigenvalue weighted by Gasteiger charge is 2.30. The van der Waals surface area contributed by atoms with Crippen LogP contribution in [0, 0.1) is 0 Å². The number of carbonyl (C=O) groups excluding carboxylic acids is 1. The van der Waals surface area contributed by atoms with Gasteiger partial charge < -0.3 is 10.4 Å². The van der Waals surface area contributed by atoms with Gasteiger partial charge in [-0.15, -0.1) is 11.3 Å². The number of fused-ring (bicyclic) bond motifs is 1. The second kappa shape index (κ2) is 7.57. The molecule has 0 aliphatic heterocycles. The lowest BCUT2D eigenvalue weighted by atomic mass is 9.89. The first-order valence-electron chi connectivity index (χ1n) is 7.86. The molecule has 0 aliphatic carbocycles. The molecule has 2 rings (SSSR count). The first-order chi connectivity index (χ1) is 11.4. The van der Waals surface area contributed by atoms with E-state index < -0.39 is 11.5 Å². The number of carboxylic acids is 1. The smallest absolute Gasteiger partial charge is 0.305 e. The number of carbonyl (C=O) groups is 2. The van der Waals surface area contributed by atoms with Crippen LogP contribution in [0.4, 0.5) is 0 Å². The zero-order valence-electron chi connectivity index (χ0n) is 13.7. The first kappa shape index (κ1) is 18.1. The molecule has 0 spiro atoms. The average Bonchev–Trinajstić information content (AvgIpc) is 3.02. The quantitative estimate of drug-likeness (QED) is 0.757. The number of amides is 1. The molecule has 2 N–H and O–H groups in total. The van der Waals surface area contributed by atoms with Crippen LogP contribution in [0.25, 0.3) is 10.2 Å². The van der Waals surface area contributed by atoms with Crippen molar-refractivity contribution in [2.45, 2.75) is 51.6 Å². The van der Waals surface area contributed by atoms with Crippen LogP contribution in [-0.2, 0) is 16.1 Å². The molecule has 0 saturated carbocycles. The van der Waals surface area contributed by atoms with Crippen molar-refractivity contribution in [1.82, 2.24) is 14.9 Å². The summed E-state index contributed by atoms with van der Waals surface area (Å²) in [6.45, 7) is 3.91. The van der Waals surface area contributed by atoms with Gasteiger partial charge >= 0.3 is 5.97 Å². The van der Waals surface area contributed by atoms with Crippen LogP contribution < -0.4 is 10.9 Å². The fourth-order valence-corrected chi connectivity index (χ4v) is 3.37. The van der Waals surface area contributed by atoms with Crippen molar-refractivity contribution in [2.24, 2.45) is 0 Å². The largest absolute Gasteiger partial charge is 0.481 e. The number of aryl methyl sites for hydroxylation is 1. The molecule has 0 aliphatic rings. The first-order valence-corrected chi connectivity index (χ1v) is 8.74. The lowest BCUT2D eigenvalue weighted by Crippen LogP contribution is -2.49. The highest BCUT2D eigenvalue weighted by atomic mass is 32.1. The zero-order valence-corrected chi connectivity index (χ0v) is 14.6. The topological polar surface area (TPSA) is 101 Å². The molecule has 0 saturated heterocycles. The summed E-state index contributed by atoms with van der Waals surface area (Å²) in [5.41, 5.74) is -0.916. The van der Waals surface area contributed by atoms with Gasteiger partial charge in [0, 0.05) is 18.5 Å². The lowest BCUT2D eigenvalue weighted by molar-refractivity contribution is -0.139. The monoisotopic (exact) mass is 351 g/mol. The van der Waals surface area contributed by atoms with E-state index in [1.54, 1.807) is 11.4 Å².